The molecule has 1 saturated heterocycles. The maximum absolute atomic E-state index is 13.3. The molecule has 1 aromatic heterocycles. The fourth-order valence-corrected chi connectivity index (χ4v) is 4.29. The number of anilines is 1. The molecule has 1 aliphatic rings. The van der Waals surface area contributed by atoms with E-state index in [9.17, 15) is 9.59 Å². The number of hydrogen-bond donors (Lipinski definition) is 1. The highest BCUT2D eigenvalue weighted by Gasteiger charge is 2.35. The average Bonchev–Trinajstić information content (AvgIpc) is 3.01. The number of rotatable bonds is 3. The quantitative estimate of drug-likeness (QED) is 0.275. The number of carbonyl (C=O) groups is 2. The fraction of sp³-hybridized carbons (Fsp3) is 0.0870. The van der Waals surface area contributed by atoms with Gasteiger partial charge in [0.15, 0.2) is 5.11 Å². The predicted octanol–water partition coefficient (Wildman–Crippen LogP) is 5.89. The Balaban J connectivity index is 1.76. The number of aromatic nitrogens is 1. The number of benzene rings is 2. The molecule has 0 spiro atoms. The highest BCUT2D eigenvalue weighted by Crippen LogP contribution is 2.30. The molecule has 2 aromatic carbocycles. The van der Waals surface area contributed by atoms with Gasteiger partial charge in [-0.25, -0.2) is 0 Å². The number of aryl methyl sites for hydroxylation is 1. The Bertz CT molecular complexity index is 1310. The van der Waals surface area contributed by atoms with Crippen LogP contribution in [0.3, 0.4) is 0 Å². The van der Waals surface area contributed by atoms with Gasteiger partial charge in [-0.3, -0.25) is 19.8 Å². The summed E-state index contributed by atoms with van der Waals surface area (Å²) in [6, 6.07) is 14.0. The molecule has 1 aliphatic heterocycles. The molecule has 2 amide bonds. The van der Waals surface area contributed by atoms with Crippen molar-refractivity contribution in [1.82, 2.24) is 9.88 Å². The summed E-state index contributed by atoms with van der Waals surface area (Å²) >= 11 is 23.3. The Hall–Kier alpha value is -2.64. The molecule has 0 bridgehead atoms. The van der Waals surface area contributed by atoms with Crippen LogP contribution >= 0.6 is 47.0 Å². The molecule has 32 heavy (non-hydrogen) atoms. The third kappa shape index (κ3) is 4.07. The lowest BCUT2D eigenvalue weighted by Crippen LogP contribution is -2.54. The summed E-state index contributed by atoms with van der Waals surface area (Å²) in [5, 5.41) is 3.81. The van der Waals surface area contributed by atoms with Crippen LogP contribution in [0.25, 0.3) is 11.8 Å². The first kappa shape index (κ1) is 22.6. The van der Waals surface area contributed by atoms with E-state index in [1.54, 1.807) is 18.2 Å². The maximum atomic E-state index is 13.3. The topological polar surface area (TPSA) is 54.3 Å². The van der Waals surface area contributed by atoms with Crippen molar-refractivity contribution in [2.45, 2.75) is 13.8 Å². The molecule has 9 heteroatoms. The van der Waals surface area contributed by atoms with E-state index < -0.39 is 11.8 Å². The SMILES string of the molecule is Cc1cc(/C=C2/C(=O)NC(=S)N(c3ccc(Cl)c(Cl)c3)C2=O)c(C)n1-c1ccc(Cl)cc1. The minimum Gasteiger partial charge on any atom is -0.318 e. The molecule has 0 radical (unpaired) electrons. The van der Waals surface area contributed by atoms with E-state index in [2.05, 4.69) is 5.32 Å². The third-order valence-electron chi connectivity index (χ3n) is 5.12. The molecule has 1 N–H and O–H groups in total. The molecule has 1 fully saturated rings. The lowest BCUT2D eigenvalue weighted by molar-refractivity contribution is -0.122. The van der Waals surface area contributed by atoms with E-state index >= 15 is 0 Å². The van der Waals surface area contributed by atoms with Crippen LogP contribution in [0.2, 0.25) is 15.1 Å². The van der Waals surface area contributed by atoms with Crippen molar-refractivity contribution < 1.29 is 9.59 Å². The van der Waals surface area contributed by atoms with Crippen molar-refractivity contribution in [1.29, 1.82) is 0 Å². The predicted molar refractivity (Wildman–Crippen MR) is 133 cm³/mol. The molecule has 0 atom stereocenters. The first-order chi connectivity index (χ1) is 15.2. The minimum absolute atomic E-state index is 0.0258. The van der Waals surface area contributed by atoms with E-state index in [1.165, 1.54) is 11.0 Å². The van der Waals surface area contributed by atoms with Gasteiger partial charge in [-0.15, -0.1) is 0 Å². The van der Waals surface area contributed by atoms with Gasteiger partial charge in [0, 0.05) is 22.1 Å². The smallest absolute Gasteiger partial charge is 0.270 e. The summed E-state index contributed by atoms with van der Waals surface area (Å²) in [4.78, 5) is 27.1. The van der Waals surface area contributed by atoms with Crippen LogP contribution in [-0.2, 0) is 9.59 Å². The molecule has 0 aliphatic carbocycles. The van der Waals surface area contributed by atoms with E-state index in [0.717, 1.165) is 22.6 Å². The molecule has 4 rings (SSSR count). The number of nitrogens with zero attached hydrogens (tertiary/aromatic N) is 2. The number of halogens is 3. The standard InChI is InChI=1S/C23H16Cl3N3O2S/c1-12-9-14(13(2)28(12)16-5-3-15(24)4-6-16)10-18-21(30)27-23(32)29(22(18)31)17-7-8-19(25)20(26)11-17/h3-11H,1-2H3,(H,27,30,32)/b18-10-. The zero-order valence-corrected chi connectivity index (χ0v) is 20.0. The largest absolute Gasteiger partial charge is 0.318 e. The number of nitrogens with one attached hydrogen (secondary N) is 1. The molecule has 0 saturated carbocycles. The lowest BCUT2D eigenvalue weighted by atomic mass is 10.1. The summed E-state index contributed by atoms with van der Waals surface area (Å²) in [6.45, 7) is 3.87. The summed E-state index contributed by atoms with van der Waals surface area (Å²) in [6.07, 6.45) is 1.57. The molecule has 5 nitrogen and oxygen atoms in total. The first-order valence-corrected chi connectivity index (χ1v) is 11.0. The summed E-state index contributed by atoms with van der Waals surface area (Å²) in [5.41, 5.74) is 3.84. The zero-order chi connectivity index (χ0) is 23.2. The van der Waals surface area contributed by atoms with Gasteiger partial charge in [-0.2, -0.15) is 0 Å². The van der Waals surface area contributed by atoms with Crippen molar-refractivity contribution >= 4 is 75.7 Å². The Morgan fingerprint density at radius 2 is 1.56 bits per heavy atom. The van der Waals surface area contributed by atoms with Crippen LogP contribution in [0.4, 0.5) is 5.69 Å². The third-order valence-corrected chi connectivity index (χ3v) is 6.39. The Kier molecular flexibility index (Phi) is 6.14. The van der Waals surface area contributed by atoms with Crippen molar-refractivity contribution in [3.05, 3.63) is 86.1 Å². The van der Waals surface area contributed by atoms with E-state index in [4.69, 9.17) is 47.0 Å². The molecule has 2 heterocycles. The first-order valence-electron chi connectivity index (χ1n) is 9.49. The second-order valence-corrected chi connectivity index (χ2v) is 8.83. The van der Waals surface area contributed by atoms with E-state index in [1.807, 2.05) is 48.7 Å². The normalized spacial score (nSPS) is 15.5. The maximum Gasteiger partial charge on any atom is 0.270 e. The molecular weight excluding hydrogens is 489 g/mol. The van der Waals surface area contributed by atoms with Gasteiger partial charge in [-0.05, 0) is 86.2 Å². The van der Waals surface area contributed by atoms with Crippen molar-refractivity contribution in [3.8, 4) is 5.69 Å². The Morgan fingerprint density at radius 3 is 2.22 bits per heavy atom. The van der Waals surface area contributed by atoms with Gasteiger partial charge in [0.05, 0.1) is 15.7 Å². The number of hydrogen-bond acceptors (Lipinski definition) is 3. The lowest BCUT2D eigenvalue weighted by Gasteiger charge is -2.29. The van der Waals surface area contributed by atoms with E-state index in [-0.39, 0.29) is 15.7 Å². The fourth-order valence-electron chi connectivity index (χ4n) is 3.59. The number of amides is 2. The number of carbonyl (C=O) groups excluding carboxylic acids is 2. The number of thiocarbonyl (C=S) groups is 1. The second-order valence-electron chi connectivity index (χ2n) is 7.19. The van der Waals surface area contributed by atoms with Gasteiger partial charge in [0.2, 0.25) is 0 Å². The van der Waals surface area contributed by atoms with Crippen LogP contribution < -0.4 is 10.2 Å². The second kappa shape index (κ2) is 8.71. The summed E-state index contributed by atoms with van der Waals surface area (Å²) in [7, 11) is 0. The van der Waals surface area contributed by atoms with Crippen molar-refractivity contribution in [2.75, 3.05) is 4.90 Å². The Labute approximate surface area is 205 Å². The van der Waals surface area contributed by atoms with Gasteiger partial charge in [0.1, 0.15) is 5.57 Å². The summed E-state index contributed by atoms with van der Waals surface area (Å²) in [5.74, 6) is -1.11. The summed E-state index contributed by atoms with van der Waals surface area (Å²) < 4.78 is 2.02. The van der Waals surface area contributed by atoms with Crippen LogP contribution in [-0.4, -0.2) is 21.5 Å². The highest BCUT2D eigenvalue weighted by atomic mass is 35.5. The Morgan fingerprint density at radius 1 is 0.906 bits per heavy atom. The molecule has 3 aromatic rings. The van der Waals surface area contributed by atoms with Crippen LogP contribution in [0.1, 0.15) is 17.0 Å². The minimum atomic E-state index is -0.562. The monoisotopic (exact) mass is 503 g/mol. The zero-order valence-electron chi connectivity index (χ0n) is 16.9. The van der Waals surface area contributed by atoms with Crippen molar-refractivity contribution in [2.24, 2.45) is 0 Å². The van der Waals surface area contributed by atoms with Gasteiger partial charge < -0.3 is 4.57 Å². The van der Waals surface area contributed by atoms with Crippen LogP contribution in [0, 0.1) is 13.8 Å². The van der Waals surface area contributed by atoms with Crippen molar-refractivity contribution in [3.63, 3.8) is 0 Å². The van der Waals surface area contributed by atoms with Gasteiger partial charge in [0.25, 0.3) is 11.8 Å². The molecular formula is C23H16Cl3N3O2S. The average molecular weight is 505 g/mol. The van der Waals surface area contributed by atoms with Crippen LogP contribution in [0.15, 0.2) is 54.1 Å². The van der Waals surface area contributed by atoms with Gasteiger partial charge in [-0.1, -0.05) is 34.8 Å². The van der Waals surface area contributed by atoms with Gasteiger partial charge >= 0.3 is 0 Å². The van der Waals surface area contributed by atoms with E-state index in [0.29, 0.717) is 15.7 Å². The molecule has 162 valence electrons. The van der Waals surface area contributed by atoms with Crippen LogP contribution in [0.5, 0.6) is 0 Å². The highest BCUT2D eigenvalue weighted by molar-refractivity contribution is 7.80. The molecule has 0 unspecified atom stereocenters.